The monoisotopic (exact) mass is 240 g/mol. The van der Waals surface area contributed by atoms with Gasteiger partial charge in [-0.25, -0.2) is 4.39 Å². The molecule has 3 N–H and O–H groups in total. The van der Waals surface area contributed by atoms with E-state index in [1.807, 2.05) is 11.8 Å². The largest absolute Gasteiger partial charge is 0.397 e. The van der Waals surface area contributed by atoms with Gasteiger partial charge in [0.15, 0.2) is 0 Å². The maximum atomic E-state index is 13.0. The molecule has 4 nitrogen and oxygen atoms in total. The molecular weight excluding hydrogens is 223 g/mol. The summed E-state index contributed by atoms with van der Waals surface area (Å²) in [7, 11) is 0. The Labute approximate surface area is 99.8 Å². The van der Waals surface area contributed by atoms with Crippen LogP contribution in [0.1, 0.15) is 6.92 Å². The van der Waals surface area contributed by atoms with Gasteiger partial charge in [0.2, 0.25) is 0 Å². The Balaban J connectivity index is 2.20. The maximum absolute atomic E-state index is 13.0. The summed E-state index contributed by atoms with van der Waals surface area (Å²) in [5.74, 6) is -0.341. The summed E-state index contributed by atoms with van der Waals surface area (Å²) in [5, 5.41) is 9.14. The SMILES string of the molecule is CC1CN(c2ccc(F)cc2N)CC(CO)O1. The highest BCUT2D eigenvalue weighted by atomic mass is 19.1. The molecule has 1 aromatic rings. The van der Waals surface area contributed by atoms with Gasteiger partial charge in [-0.3, -0.25) is 0 Å². The zero-order chi connectivity index (χ0) is 12.4. The van der Waals surface area contributed by atoms with E-state index in [1.165, 1.54) is 12.1 Å². The maximum Gasteiger partial charge on any atom is 0.125 e. The number of ether oxygens (including phenoxy) is 1. The second-order valence-electron chi connectivity index (χ2n) is 4.36. The van der Waals surface area contributed by atoms with Gasteiger partial charge in [-0.1, -0.05) is 0 Å². The molecule has 1 aliphatic heterocycles. The van der Waals surface area contributed by atoms with E-state index >= 15 is 0 Å². The minimum atomic E-state index is -0.341. The number of halogens is 1. The van der Waals surface area contributed by atoms with Crippen LogP contribution < -0.4 is 10.6 Å². The molecule has 0 aromatic heterocycles. The molecule has 1 aromatic carbocycles. The third-order valence-electron chi connectivity index (χ3n) is 2.86. The van der Waals surface area contributed by atoms with Crippen molar-refractivity contribution in [2.45, 2.75) is 19.1 Å². The second kappa shape index (κ2) is 4.89. The van der Waals surface area contributed by atoms with Crippen molar-refractivity contribution in [2.75, 3.05) is 30.3 Å². The standard InChI is InChI=1S/C12H17FN2O2/c1-8-5-15(6-10(7-16)17-8)12-3-2-9(13)4-11(12)14/h2-4,8,10,16H,5-7,14H2,1H3. The number of hydrogen-bond donors (Lipinski definition) is 2. The first-order valence-corrected chi connectivity index (χ1v) is 5.66. The number of anilines is 2. The topological polar surface area (TPSA) is 58.7 Å². The van der Waals surface area contributed by atoms with Gasteiger partial charge in [-0.2, -0.15) is 0 Å². The molecule has 0 amide bonds. The highest BCUT2D eigenvalue weighted by molar-refractivity contribution is 5.67. The molecule has 1 heterocycles. The molecule has 2 atom stereocenters. The average Bonchev–Trinajstić information content (AvgIpc) is 2.28. The number of benzene rings is 1. The summed E-state index contributed by atoms with van der Waals surface area (Å²) in [4.78, 5) is 2.02. The Bertz CT molecular complexity index is 400. The van der Waals surface area contributed by atoms with Gasteiger partial charge in [0.05, 0.1) is 30.2 Å². The van der Waals surface area contributed by atoms with Crippen LogP contribution in [0.25, 0.3) is 0 Å². The fourth-order valence-electron chi connectivity index (χ4n) is 2.16. The van der Waals surface area contributed by atoms with E-state index in [0.29, 0.717) is 18.8 Å². The lowest BCUT2D eigenvalue weighted by molar-refractivity contribution is -0.0420. The van der Waals surface area contributed by atoms with Crippen LogP contribution in [-0.4, -0.2) is 37.0 Å². The molecule has 1 aliphatic rings. The smallest absolute Gasteiger partial charge is 0.125 e. The van der Waals surface area contributed by atoms with E-state index in [4.69, 9.17) is 15.6 Å². The summed E-state index contributed by atoms with van der Waals surface area (Å²) in [6.45, 7) is 3.17. The van der Waals surface area contributed by atoms with E-state index in [1.54, 1.807) is 6.07 Å². The summed E-state index contributed by atoms with van der Waals surface area (Å²) in [5.41, 5.74) is 7.00. The van der Waals surface area contributed by atoms with Crippen molar-refractivity contribution in [1.82, 2.24) is 0 Å². The van der Waals surface area contributed by atoms with Gasteiger partial charge < -0.3 is 20.5 Å². The fraction of sp³-hybridized carbons (Fsp3) is 0.500. The molecule has 2 rings (SSSR count). The van der Waals surface area contributed by atoms with Crippen molar-refractivity contribution in [3.63, 3.8) is 0 Å². The van der Waals surface area contributed by atoms with Crippen LogP contribution in [0.5, 0.6) is 0 Å². The average molecular weight is 240 g/mol. The first-order valence-electron chi connectivity index (χ1n) is 5.66. The zero-order valence-electron chi connectivity index (χ0n) is 9.77. The first-order chi connectivity index (χ1) is 8.10. The molecule has 94 valence electrons. The quantitative estimate of drug-likeness (QED) is 0.757. The molecule has 2 unspecified atom stereocenters. The summed E-state index contributed by atoms with van der Waals surface area (Å²) in [6, 6.07) is 4.36. The lowest BCUT2D eigenvalue weighted by atomic mass is 10.1. The number of morpholine rings is 1. The van der Waals surface area contributed by atoms with E-state index in [9.17, 15) is 4.39 Å². The van der Waals surface area contributed by atoms with Crippen LogP contribution >= 0.6 is 0 Å². The Hall–Kier alpha value is -1.33. The highest BCUT2D eigenvalue weighted by Crippen LogP contribution is 2.26. The first kappa shape index (κ1) is 12.1. The molecule has 0 spiro atoms. The van der Waals surface area contributed by atoms with Gasteiger partial charge in [-0.05, 0) is 25.1 Å². The number of nitrogen functional groups attached to an aromatic ring is 1. The molecule has 1 fully saturated rings. The lowest BCUT2D eigenvalue weighted by Crippen LogP contribution is -2.48. The van der Waals surface area contributed by atoms with Gasteiger partial charge in [0, 0.05) is 13.1 Å². The van der Waals surface area contributed by atoms with Crippen LogP contribution in [0.3, 0.4) is 0 Å². The third kappa shape index (κ3) is 2.68. The van der Waals surface area contributed by atoms with Crippen LogP contribution in [0.4, 0.5) is 15.8 Å². The Kier molecular flexibility index (Phi) is 3.49. The minimum Gasteiger partial charge on any atom is -0.397 e. The summed E-state index contributed by atoms with van der Waals surface area (Å²) in [6.07, 6.45) is -0.200. The van der Waals surface area contributed by atoms with Crippen molar-refractivity contribution in [1.29, 1.82) is 0 Å². The number of aliphatic hydroxyl groups is 1. The van der Waals surface area contributed by atoms with Gasteiger partial charge in [0.25, 0.3) is 0 Å². The number of aliphatic hydroxyl groups excluding tert-OH is 1. The van der Waals surface area contributed by atoms with Crippen molar-refractivity contribution in [2.24, 2.45) is 0 Å². The van der Waals surface area contributed by atoms with Crippen molar-refractivity contribution in [3.8, 4) is 0 Å². The van der Waals surface area contributed by atoms with Crippen LogP contribution in [0, 0.1) is 5.82 Å². The summed E-state index contributed by atoms with van der Waals surface area (Å²) < 4.78 is 18.5. The molecule has 1 saturated heterocycles. The van der Waals surface area contributed by atoms with Crippen LogP contribution in [0.2, 0.25) is 0 Å². The van der Waals surface area contributed by atoms with E-state index in [-0.39, 0.29) is 24.6 Å². The third-order valence-corrected chi connectivity index (χ3v) is 2.86. The molecule has 5 heteroatoms. The molecule has 17 heavy (non-hydrogen) atoms. The van der Waals surface area contributed by atoms with Crippen LogP contribution in [-0.2, 0) is 4.74 Å². The number of nitrogens with zero attached hydrogens (tertiary/aromatic N) is 1. The van der Waals surface area contributed by atoms with Crippen molar-refractivity contribution < 1.29 is 14.2 Å². The molecule has 0 bridgehead atoms. The fourth-order valence-corrected chi connectivity index (χ4v) is 2.16. The minimum absolute atomic E-state index is 0.0188. The molecular formula is C12H17FN2O2. The van der Waals surface area contributed by atoms with E-state index in [2.05, 4.69) is 0 Å². The van der Waals surface area contributed by atoms with E-state index in [0.717, 1.165) is 5.69 Å². The van der Waals surface area contributed by atoms with Gasteiger partial charge in [0.1, 0.15) is 5.82 Å². The molecule has 0 saturated carbocycles. The van der Waals surface area contributed by atoms with E-state index < -0.39 is 0 Å². The predicted molar refractivity (Wildman–Crippen MR) is 64.4 cm³/mol. The zero-order valence-corrected chi connectivity index (χ0v) is 9.77. The number of hydrogen-bond acceptors (Lipinski definition) is 4. The number of rotatable bonds is 2. The van der Waals surface area contributed by atoms with Gasteiger partial charge >= 0.3 is 0 Å². The Morgan fingerprint density at radius 1 is 1.53 bits per heavy atom. The molecule has 0 aliphatic carbocycles. The highest BCUT2D eigenvalue weighted by Gasteiger charge is 2.25. The van der Waals surface area contributed by atoms with Crippen molar-refractivity contribution in [3.05, 3.63) is 24.0 Å². The normalized spacial score (nSPS) is 25.0. The Morgan fingerprint density at radius 3 is 2.94 bits per heavy atom. The lowest BCUT2D eigenvalue weighted by Gasteiger charge is -2.38. The van der Waals surface area contributed by atoms with Crippen molar-refractivity contribution >= 4 is 11.4 Å². The van der Waals surface area contributed by atoms with Gasteiger partial charge in [-0.15, -0.1) is 0 Å². The Morgan fingerprint density at radius 2 is 2.29 bits per heavy atom. The second-order valence-corrected chi connectivity index (χ2v) is 4.36. The number of nitrogens with two attached hydrogens (primary N) is 1. The molecule has 0 radical (unpaired) electrons. The van der Waals surface area contributed by atoms with Crippen LogP contribution in [0.15, 0.2) is 18.2 Å². The summed E-state index contributed by atoms with van der Waals surface area (Å²) >= 11 is 0. The predicted octanol–water partition coefficient (Wildman–Crippen LogP) is 0.994.